The van der Waals surface area contributed by atoms with Gasteiger partial charge in [-0.05, 0) is 17.7 Å². The van der Waals surface area contributed by atoms with Gasteiger partial charge in [0, 0.05) is 10.6 Å². The number of Topliss-reactive ketones (excluding diaryl/α,β-unsaturated/α-hetero) is 1. The molecule has 0 aliphatic rings. The highest BCUT2D eigenvalue weighted by atomic mass is 35.5. The van der Waals surface area contributed by atoms with E-state index < -0.39 is 6.10 Å². The second-order valence-electron chi connectivity index (χ2n) is 3.69. The number of halogens is 1. The Hall–Kier alpha value is -1.64. The molecule has 2 rings (SSSR count). The maximum Gasteiger partial charge on any atom is 0.195 e. The molecule has 1 N–H and O–H groups in total. The van der Waals surface area contributed by atoms with Crippen LogP contribution in [0.1, 0.15) is 22.0 Å². The van der Waals surface area contributed by atoms with E-state index in [2.05, 4.69) is 0 Å². The van der Waals surface area contributed by atoms with Crippen molar-refractivity contribution in [2.24, 2.45) is 0 Å². The normalized spacial score (nSPS) is 12.1. The molecule has 0 fully saturated rings. The van der Waals surface area contributed by atoms with Crippen LogP contribution in [0.25, 0.3) is 0 Å². The molecule has 2 aromatic rings. The molecule has 0 bridgehead atoms. The van der Waals surface area contributed by atoms with Gasteiger partial charge in [0.05, 0.1) is 0 Å². The van der Waals surface area contributed by atoms with E-state index in [4.69, 9.17) is 11.6 Å². The first-order chi connectivity index (χ1) is 8.18. The number of benzene rings is 2. The Morgan fingerprint density at radius 3 is 2.41 bits per heavy atom. The van der Waals surface area contributed by atoms with Gasteiger partial charge in [0.15, 0.2) is 5.78 Å². The lowest BCUT2D eigenvalue weighted by molar-refractivity contribution is 0.0747. The molecule has 86 valence electrons. The van der Waals surface area contributed by atoms with Gasteiger partial charge in [-0.15, -0.1) is 0 Å². The van der Waals surface area contributed by atoms with Gasteiger partial charge in [-0.1, -0.05) is 54.1 Å². The third-order valence-corrected chi connectivity index (χ3v) is 2.71. The Bertz CT molecular complexity index is 523. The number of aliphatic hydroxyl groups excluding tert-OH is 1. The molecular weight excluding hydrogens is 236 g/mol. The van der Waals surface area contributed by atoms with Crippen LogP contribution in [-0.2, 0) is 0 Å². The zero-order chi connectivity index (χ0) is 12.3. The minimum Gasteiger partial charge on any atom is -0.380 e. The standard InChI is InChI=1S/C14H11ClO2/c15-12-8-4-7-11(9-12)14(17)13(16)10-5-2-1-3-6-10/h1-9,14,17H. The molecular formula is C14H11ClO2. The second kappa shape index (κ2) is 5.13. The molecule has 2 nitrogen and oxygen atoms in total. The van der Waals surface area contributed by atoms with Gasteiger partial charge in [-0.3, -0.25) is 4.79 Å². The molecule has 1 unspecified atom stereocenters. The molecule has 0 aliphatic heterocycles. The number of carbonyl (C=O) groups excluding carboxylic acids is 1. The van der Waals surface area contributed by atoms with Crippen molar-refractivity contribution in [2.45, 2.75) is 6.10 Å². The smallest absolute Gasteiger partial charge is 0.195 e. The molecule has 0 saturated carbocycles. The minimum atomic E-state index is -1.17. The van der Waals surface area contributed by atoms with Crippen molar-refractivity contribution < 1.29 is 9.90 Å². The van der Waals surface area contributed by atoms with E-state index in [-0.39, 0.29) is 5.78 Å². The number of ketones is 1. The summed E-state index contributed by atoms with van der Waals surface area (Å²) in [6.45, 7) is 0. The Morgan fingerprint density at radius 2 is 1.76 bits per heavy atom. The van der Waals surface area contributed by atoms with Crippen LogP contribution >= 0.6 is 11.6 Å². The molecule has 0 aromatic heterocycles. The summed E-state index contributed by atoms with van der Waals surface area (Å²) in [5, 5.41) is 10.5. The SMILES string of the molecule is O=C(c1ccccc1)C(O)c1cccc(Cl)c1. The van der Waals surface area contributed by atoms with Crippen LogP contribution in [-0.4, -0.2) is 10.9 Å². The lowest BCUT2D eigenvalue weighted by Gasteiger charge is -2.10. The van der Waals surface area contributed by atoms with E-state index in [0.717, 1.165) is 0 Å². The van der Waals surface area contributed by atoms with Gasteiger partial charge in [0.25, 0.3) is 0 Å². The third kappa shape index (κ3) is 2.73. The number of hydrogen-bond donors (Lipinski definition) is 1. The van der Waals surface area contributed by atoms with Crippen LogP contribution in [0.3, 0.4) is 0 Å². The van der Waals surface area contributed by atoms with E-state index in [0.29, 0.717) is 16.1 Å². The first-order valence-corrected chi connectivity index (χ1v) is 5.59. The molecule has 0 heterocycles. The van der Waals surface area contributed by atoms with Gasteiger partial charge < -0.3 is 5.11 Å². The van der Waals surface area contributed by atoms with Crippen LogP contribution in [0.2, 0.25) is 5.02 Å². The van der Waals surface area contributed by atoms with Crippen molar-refractivity contribution in [3.63, 3.8) is 0 Å². The first kappa shape index (κ1) is 11.8. The number of rotatable bonds is 3. The Morgan fingerprint density at radius 1 is 1.06 bits per heavy atom. The predicted octanol–water partition coefficient (Wildman–Crippen LogP) is 3.26. The first-order valence-electron chi connectivity index (χ1n) is 5.21. The van der Waals surface area contributed by atoms with Crippen molar-refractivity contribution in [3.05, 3.63) is 70.7 Å². The topological polar surface area (TPSA) is 37.3 Å². The quantitative estimate of drug-likeness (QED) is 0.844. The van der Waals surface area contributed by atoms with Crippen molar-refractivity contribution in [3.8, 4) is 0 Å². The number of hydrogen-bond acceptors (Lipinski definition) is 2. The van der Waals surface area contributed by atoms with Gasteiger partial charge in [-0.2, -0.15) is 0 Å². The van der Waals surface area contributed by atoms with E-state index in [1.165, 1.54) is 0 Å². The van der Waals surface area contributed by atoms with Crippen LogP contribution in [0.5, 0.6) is 0 Å². The van der Waals surface area contributed by atoms with Gasteiger partial charge in [0.2, 0.25) is 0 Å². The summed E-state index contributed by atoms with van der Waals surface area (Å²) < 4.78 is 0. The van der Waals surface area contributed by atoms with Gasteiger partial charge in [-0.25, -0.2) is 0 Å². The zero-order valence-electron chi connectivity index (χ0n) is 9.01. The van der Waals surface area contributed by atoms with E-state index in [9.17, 15) is 9.90 Å². The highest BCUT2D eigenvalue weighted by Gasteiger charge is 2.18. The molecule has 17 heavy (non-hydrogen) atoms. The highest BCUT2D eigenvalue weighted by Crippen LogP contribution is 2.21. The predicted molar refractivity (Wildman–Crippen MR) is 67.2 cm³/mol. The van der Waals surface area contributed by atoms with Crippen molar-refractivity contribution in [1.29, 1.82) is 0 Å². The summed E-state index contributed by atoms with van der Waals surface area (Å²) in [6, 6.07) is 15.4. The molecule has 0 aliphatic carbocycles. The van der Waals surface area contributed by atoms with Crippen molar-refractivity contribution in [2.75, 3.05) is 0 Å². The second-order valence-corrected chi connectivity index (χ2v) is 4.12. The fourth-order valence-electron chi connectivity index (χ4n) is 1.59. The number of carbonyl (C=O) groups is 1. The summed E-state index contributed by atoms with van der Waals surface area (Å²) in [6.07, 6.45) is -1.17. The largest absolute Gasteiger partial charge is 0.380 e. The summed E-state index contributed by atoms with van der Waals surface area (Å²) in [7, 11) is 0. The summed E-state index contributed by atoms with van der Waals surface area (Å²) in [5.74, 6) is -0.326. The summed E-state index contributed by atoms with van der Waals surface area (Å²) in [5.41, 5.74) is 0.992. The Balaban J connectivity index is 2.27. The summed E-state index contributed by atoms with van der Waals surface area (Å²) >= 11 is 5.82. The van der Waals surface area contributed by atoms with Crippen LogP contribution in [0.4, 0.5) is 0 Å². The third-order valence-electron chi connectivity index (χ3n) is 2.47. The van der Waals surface area contributed by atoms with Crippen LogP contribution in [0, 0.1) is 0 Å². The van der Waals surface area contributed by atoms with Crippen molar-refractivity contribution in [1.82, 2.24) is 0 Å². The maximum absolute atomic E-state index is 12.0. The average Bonchev–Trinajstić information content (AvgIpc) is 2.38. The average molecular weight is 247 g/mol. The molecule has 0 spiro atoms. The fraction of sp³-hybridized carbons (Fsp3) is 0.0714. The highest BCUT2D eigenvalue weighted by molar-refractivity contribution is 6.30. The molecule has 3 heteroatoms. The molecule has 1 atom stereocenters. The maximum atomic E-state index is 12.0. The van der Waals surface area contributed by atoms with Crippen LogP contribution in [0.15, 0.2) is 54.6 Å². The monoisotopic (exact) mass is 246 g/mol. The van der Waals surface area contributed by atoms with Crippen LogP contribution < -0.4 is 0 Å². The molecule has 0 saturated heterocycles. The van der Waals surface area contributed by atoms with Gasteiger partial charge in [0.1, 0.15) is 6.10 Å². The van der Waals surface area contributed by atoms with E-state index in [1.54, 1.807) is 48.5 Å². The Labute approximate surface area is 104 Å². The van der Waals surface area contributed by atoms with E-state index in [1.807, 2.05) is 6.07 Å². The van der Waals surface area contributed by atoms with Gasteiger partial charge >= 0.3 is 0 Å². The molecule has 2 aromatic carbocycles. The minimum absolute atomic E-state index is 0.326. The molecule has 0 radical (unpaired) electrons. The zero-order valence-corrected chi connectivity index (χ0v) is 9.76. The van der Waals surface area contributed by atoms with E-state index >= 15 is 0 Å². The fourth-order valence-corrected chi connectivity index (χ4v) is 1.79. The lowest BCUT2D eigenvalue weighted by Crippen LogP contribution is -2.12. The van der Waals surface area contributed by atoms with Crippen molar-refractivity contribution >= 4 is 17.4 Å². The lowest BCUT2D eigenvalue weighted by atomic mass is 10.0. The summed E-state index contributed by atoms with van der Waals surface area (Å²) in [4.78, 5) is 12.0. The Kier molecular flexibility index (Phi) is 3.57. The molecule has 0 amide bonds. The number of aliphatic hydroxyl groups is 1.